The first-order chi connectivity index (χ1) is 7.86. The zero-order valence-electron chi connectivity index (χ0n) is 8.77. The van der Waals surface area contributed by atoms with Crippen molar-refractivity contribution in [2.45, 2.75) is 12.8 Å². The number of rotatable bonds is 5. The number of nitrogens with zero attached hydrogens (tertiary/aromatic N) is 1. The van der Waals surface area contributed by atoms with Crippen LogP contribution in [0.3, 0.4) is 0 Å². The van der Waals surface area contributed by atoms with Crippen molar-refractivity contribution < 1.29 is 4.79 Å². The highest BCUT2D eigenvalue weighted by atomic mass is 32.1. The van der Waals surface area contributed by atoms with E-state index >= 15 is 0 Å². The van der Waals surface area contributed by atoms with Gasteiger partial charge in [0.25, 0.3) is 5.91 Å². The second-order valence-electron chi connectivity index (χ2n) is 3.37. The average Bonchev–Trinajstić information content (AvgIpc) is 2.96. The summed E-state index contributed by atoms with van der Waals surface area (Å²) in [7, 11) is 0. The van der Waals surface area contributed by atoms with Gasteiger partial charge in [-0.3, -0.25) is 4.79 Å². The van der Waals surface area contributed by atoms with E-state index in [9.17, 15) is 4.79 Å². The zero-order chi connectivity index (χ0) is 11.2. The molecule has 84 valence electrons. The van der Waals surface area contributed by atoms with Gasteiger partial charge >= 0.3 is 0 Å². The van der Waals surface area contributed by atoms with E-state index in [0.29, 0.717) is 6.54 Å². The Hall–Kier alpha value is -1.62. The zero-order valence-corrected chi connectivity index (χ0v) is 9.59. The fourth-order valence-electron chi connectivity index (χ4n) is 1.39. The first-order valence-electron chi connectivity index (χ1n) is 5.16. The summed E-state index contributed by atoms with van der Waals surface area (Å²) >= 11 is 1.46. The summed E-state index contributed by atoms with van der Waals surface area (Å²) < 4.78 is 0. The summed E-state index contributed by atoms with van der Waals surface area (Å²) in [4.78, 5) is 19.5. The number of amides is 1. The van der Waals surface area contributed by atoms with Gasteiger partial charge in [-0.25, -0.2) is 4.98 Å². The van der Waals surface area contributed by atoms with E-state index in [1.54, 1.807) is 12.4 Å². The molecule has 2 N–H and O–H groups in total. The molecule has 0 radical (unpaired) electrons. The van der Waals surface area contributed by atoms with Crippen LogP contribution < -0.4 is 5.32 Å². The van der Waals surface area contributed by atoms with E-state index in [4.69, 9.17) is 0 Å². The van der Waals surface area contributed by atoms with E-state index in [1.807, 2.05) is 17.5 Å². The molecule has 4 nitrogen and oxygen atoms in total. The molecular formula is C11H13N3OS. The van der Waals surface area contributed by atoms with Crippen molar-refractivity contribution in [2.75, 3.05) is 6.54 Å². The molecule has 0 aliphatic carbocycles. The molecule has 0 saturated heterocycles. The number of H-pyrrole nitrogens is 1. The minimum Gasteiger partial charge on any atom is -0.351 e. The Morgan fingerprint density at radius 1 is 1.56 bits per heavy atom. The Bertz CT molecular complexity index is 422. The van der Waals surface area contributed by atoms with Crippen molar-refractivity contribution in [1.82, 2.24) is 15.3 Å². The molecule has 16 heavy (non-hydrogen) atoms. The number of hydrogen-bond donors (Lipinski definition) is 2. The summed E-state index contributed by atoms with van der Waals surface area (Å²) in [6.45, 7) is 0.678. The summed E-state index contributed by atoms with van der Waals surface area (Å²) in [5, 5.41) is 4.78. The average molecular weight is 235 g/mol. The molecule has 0 unspecified atom stereocenters. The minimum absolute atomic E-state index is 0.00875. The van der Waals surface area contributed by atoms with Crippen molar-refractivity contribution in [2.24, 2.45) is 0 Å². The maximum Gasteiger partial charge on any atom is 0.261 e. The van der Waals surface area contributed by atoms with E-state index in [0.717, 1.165) is 23.5 Å². The lowest BCUT2D eigenvalue weighted by molar-refractivity contribution is 0.0957. The standard InChI is InChI=1S/C11H13N3OS/c15-11(9-3-2-8-16-9)14-5-1-4-10-12-6-7-13-10/h2-3,6-8H,1,4-5H2,(H,12,13)(H,14,15). The third kappa shape index (κ3) is 2.93. The highest BCUT2D eigenvalue weighted by Gasteiger charge is 2.04. The molecular weight excluding hydrogens is 222 g/mol. The number of imidazole rings is 1. The topological polar surface area (TPSA) is 57.8 Å². The molecule has 0 aromatic carbocycles. The Labute approximate surface area is 97.7 Å². The molecule has 2 aromatic rings. The van der Waals surface area contributed by atoms with Gasteiger partial charge in [-0.2, -0.15) is 0 Å². The molecule has 0 bridgehead atoms. The molecule has 1 amide bonds. The van der Waals surface area contributed by atoms with Crippen LogP contribution in [0.2, 0.25) is 0 Å². The SMILES string of the molecule is O=C(NCCCc1ncc[nH]1)c1cccs1. The Morgan fingerprint density at radius 3 is 3.19 bits per heavy atom. The quantitative estimate of drug-likeness (QED) is 0.777. The number of thiophene rings is 1. The van der Waals surface area contributed by atoms with Crippen molar-refractivity contribution in [3.05, 3.63) is 40.6 Å². The molecule has 2 heterocycles. The minimum atomic E-state index is 0.00875. The summed E-state index contributed by atoms with van der Waals surface area (Å²) in [5.74, 6) is 0.972. The molecule has 0 fully saturated rings. The van der Waals surface area contributed by atoms with E-state index in [2.05, 4.69) is 15.3 Å². The normalized spacial score (nSPS) is 10.2. The molecule has 0 aliphatic rings. The second kappa shape index (κ2) is 5.46. The molecule has 2 aromatic heterocycles. The second-order valence-corrected chi connectivity index (χ2v) is 4.32. The number of carbonyl (C=O) groups excluding carboxylic acids is 1. The first kappa shape index (κ1) is 10.9. The van der Waals surface area contributed by atoms with Crippen LogP contribution >= 0.6 is 11.3 Å². The fraction of sp³-hybridized carbons (Fsp3) is 0.273. The van der Waals surface area contributed by atoms with Crippen LogP contribution in [0.5, 0.6) is 0 Å². The highest BCUT2D eigenvalue weighted by Crippen LogP contribution is 2.07. The van der Waals surface area contributed by atoms with Gasteiger partial charge in [0.05, 0.1) is 4.88 Å². The number of carbonyl (C=O) groups is 1. The van der Waals surface area contributed by atoms with Gasteiger partial charge in [0, 0.05) is 25.4 Å². The summed E-state index contributed by atoms with van der Waals surface area (Å²) in [6, 6.07) is 3.70. The Kier molecular flexibility index (Phi) is 3.71. The monoisotopic (exact) mass is 235 g/mol. The summed E-state index contributed by atoms with van der Waals surface area (Å²) in [5.41, 5.74) is 0. The lowest BCUT2D eigenvalue weighted by Crippen LogP contribution is -2.23. The maximum atomic E-state index is 11.5. The number of aromatic amines is 1. The number of hydrogen-bond acceptors (Lipinski definition) is 3. The largest absolute Gasteiger partial charge is 0.351 e. The van der Waals surface area contributed by atoms with Gasteiger partial charge < -0.3 is 10.3 Å². The van der Waals surface area contributed by atoms with Crippen LogP contribution in [0.25, 0.3) is 0 Å². The highest BCUT2D eigenvalue weighted by molar-refractivity contribution is 7.12. The smallest absolute Gasteiger partial charge is 0.261 e. The fourth-order valence-corrected chi connectivity index (χ4v) is 2.03. The lowest BCUT2D eigenvalue weighted by Gasteiger charge is -2.02. The van der Waals surface area contributed by atoms with E-state index in [-0.39, 0.29) is 5.91 Å². The van der Waals surface area contributed by atoms with Crippen molar-refractivity contribution in [1.29, 1.82) is 0 Å². The number of aromatic nitrogens is 2. The predicted octanol–water partition coefficient (Wildman–Crippen LogP) is 1.83. The number of nitrogens with one attached hydrogen (secondary N) is 2. The van der Waals surface area contributed by atoms with Gasteiger partial charge in [0.2, 0.25) is 0 Å². The van der Waals surface area contributed by atoms with Gasteiger partial charge in [-0.05, 0) is 17.9 Å². The van der Waals surface area contributed by atoms with Crippen molar-refractivity contribution in [3.8, 4) is 0 Å². The van der Waals surface area contributed by atoms with Gasteiger partial charge in [-0.1, -0.05) is 6.07 Å². The van der Waals surface area contributed by atoms with Crippen molar-refractivity contribution in [3.63, 3.8) is 0 Å². The van der Waals surface area contributed by atoms with Crippen LogP contribution in [-0.4, -0.2) is 22.4 Å². The molecule has 0 atom stereocenters. The van der Waals surface area contributed by atoms with Crippen LogP contribution in [0, 0.1) is 0 Å². The van der Waals surface area contributed by atoms with Gasteiger partial charge in [-0.15, -0.1) is 11.3 Å². The van der Waals surface area contributed by atoms with Crippen molar-refractivity contribution >= 4 is 17.2 Å². The van der Waals surface area contributed by atoms with Crippen LogP contribution in [-0.2, 0) is 6.42 Å². The third-order valence-electron chi connectivity index (χ3n) is 2.18. The number of aryl methyl sites for hydroxylation is 1. The maximum absolute atomic E-state index is 11.5. The third-order valence-corrected chi connectivity index (χ3v) is 3.04. The molecule has 0 aliphatic heterocycles. The van der Waals surface area contributed by atoms with Crippen LogP contribution in [0.1, 0.15) is 21.9 Å². The van der Waals surface area contributed by atoms with Crippen LogP contribution in [0.4, 0.5) is 0 Å². The molecule has 0 spiro atoms. The summed E-state index contributed by atoms with van der Waals surface area (Å²) in [6.07, 6.45) is 5.29. The molecule has 0 saturated carbocycles. The molecule has 2 rings (SSSR count). The predicted molar refractivity (Wildman–Crippen MR) is 63.6 cm³/mol. The van der Waals surface area contributed by atoms with Crippen LogP contribution in [0.15, 0.2) is 29.9 Å². The molecule has 5 heteroatoms. The Balaban J connectivity index is 1.67. The van der Waals surface area contributed by atoms with Gasteiger partial charge in [0.15, 0.2) is 0 Å². The first-order valence-corrected chi connectivity index (χ1v) is 6.04. The Morgan fingerprint density at radius 2 is 2.50 bits per heavy atom. The van der Waals surface area contributed by atoms with E-state index < -0.39 is 0 Å². The van der Waals surface area contributed by atoms with E-state index in [1.165, 1.54) is 11.3 Å². The van der Waals surface area contributed by atoms with Gasteiger partial charge in [0.1, 0.15) is 5.82 Å². The lowest BCUT2D eigenvalue weighted by atomic mass is 10.3.